The largest absolute Gasteiger partial charge is 0.504 e. The van der Waals surface area contributed by atoms with Crippen LogP contribution in [0.1, 0.15) is 18.5 Å². The van der Waals surface area contributed by atoms with Crippen molar-refractivity contribution >= 4 is 0 Å². The van der Waals surface area contributed by atoms with Crippen molar-refractivity contribution in [3.8, 4) is 11.5 Å². The highest BCUT2D eigenvalue weighted by Gasteiger charge is 2.17. The molecule has 0 aliphatic heterocycles. The summed E-state index contributed by atoms with van der Waals surface area (Å²) >= 11 is 0. The van der Waals surface area contributed by atoms with Crippen LogP contribution in [0.3, 0.4) is 0 Å². The van der Waals surface area contributed by atoms with Crippen LogP contribution in [-0.2, 0) is 0 Å². The van der Waals surface area contributed by atoms with Crippen molar-refractivity contribution in [1.82, 2.24) is 0 Å². The summed E-state index contributed by atoms with van der Waals surface area (Å²) in [7, 11) is 1.47. The maximum Gasteiger partial charge on any atom is 0.162 e. The molecule has 0 fully saturated rings. The summed E-state index contributed by atoms with van der Waals surface area (Å²) in [6, 6.07) is 4.41. The molecule has 1 aromatic rings. The Hall–Kier alpha value is -1.26. The van der Waals surface area contributed by atoms with E-state index in [1.54, 1.807) is 25.1 Å². The van der Waals surface area contributed by atoms with Crippen LogP contribution < -0.4 is 10.5 Å². The first kappa shape index (κ1) is 10.8. The summed E-state index contributed by atoms with van der Waals surface area (Å²) in [5.74, 6) is 0.349. The van der Waals surface area contributed by atoms with E-state index in [0.717, 1.165) is 0 Å². The van der Waals surface area contributed by atoms with E-state index in [0.29, 0.717) is 11.3 Å². The third kappa shape index (κ3) is 1.97. The number of aliphatic hydroxyl groups is 1. The number of phenols is 1. The number of rotatable bonds is 3. The lowest BCUT2D eigenvalue weighted by molar-refractivity contribution is 0.162. The number of hydrogen-bond donors (Lipinski definition) is 3. The Kier molecular flexibility index (Phi) is 3.33. The van der Waals surface area contributed by atoms with Gasteiger partial charge in [0.25, 0.3) is 0 Å². The minimum Gasteiger partial charge on any atom is -0.504 e. The standard InChI is InChI=1S/C10H15NO3/c1-6(12)9(11)7-4-3-5-8(14-2)10(7)13/h3-6,9,12-13H,11H2,1-2H3/t6-,9-/m0/s1. The van der Waals surface area contributed by atoms with Crippen LogP contribution in [0, 0.1) is 0 Å². The van der Waals surface area contributed by atoms with E-state index >= 15 is 0 Å². The third-order valence-electron chi connectivity index (χ3n) is 2.13. The lowest BCUT2D eigenvalue weighted by Crippen LogP contribution is -2.23. The quantitative estimate of drug-likeness (QED) is 0.669. The van der Waals surface area contributed by atoms with Crippen LogP contribution in [0.15, 0.2) is 18.2 Å². The molecule has 1 aromatic carbocycles. The smallest absolute Gasteiger partial charge is 0.162 e. The lowest BCUT2D eigenvalue weighted by Gasteiger charge is -2.17. The first-order valence-electron chi connectivity index (χ1n) is 4.37. The number of para-hydroxylation sites is 1. The van der Waals surface area contributed by atoms with Crippen molar-refractivity contribution in [2.24, 2.45) is 5.73 Å². The molecule has 14 heavy (non-hydrogen) atoms. The summed E-state index contributed by atoms with van der Waals surface area (Å²) in [4.78, 5) is 0. The van der Waals surface area contributed by atoms with Gasteiger partial charge in [-0.15, -0.1) is 0 Å². The summed E-state index contributed by atoms with van der Waals surface area (Å²) < 4.78 is 4.93. The topological polar surface area (TPSA) is 75.7 Å². The van der Waals surface area contributed by atoms with Crippen LogP contribution in [0.4, 0.5) is 0 Å². The molecule has 4 nitrogen and oxygen atoms in total. The number of nitrogens with two attached hydrogens (primary N) is 1. The molecule has 0 aliphatic carbocycles. The van der Waals surface area contributed by atoms with Gasteiger partial charge in [0, 0.05) is 5.56 Å². The number of phenolic OH excluding ortho intramolecular Hbond substituents is 1. The maximum atomic E-state index is 9.69. The molecule has 0 aliphatic rings. The van der Waals surface area contributed by atoms with Gasteiger partial charge in [0.2, 0.25) is 0 Å². The Morgan fingerprint density at radius 3 is 2.57 bits per heavy atom. The molecule has 0 saturated carbocycles. The molecule has 0 spiro atoms. The van der Waals surface area contributed by atoms with E-state index in [1.807, 2.05) is 0 Å². The number of hydrogen-bond acceptors (Lipinski definition) is 4. The van der Waals surface area contributed by atoms with Crippen LogP contribution in [-0.4, -0.2) is 23.4 Å². The minimum absolute atomic E-state index is 0.0107. The van der Waals surface area contributed by atoms with Gasteiger partial charge in [-0.1, -0.05) is 12.1 Å². The molecule has 0 unspecified atom stereocenters. The van der Waals surface area contributed by atoms with Crippen LogP contribution in [0.5, 0.6) is 11.5 Å². The van der Waals surface area contributed by atoms with E-state index in [4.69, 9.17) is 10.5 Å². The highest BCUT2D eigenvalue weighted by atomic mass is 16.5. The maximum absolute atomic E-state index is 9.69. The van der Waals surface area contributed by atoms with Crippen LogP contribution in [0.2, 0.25) is 0 Å². The van der Waals surface area contributed by atoms with Gasteiger partial charge in [-0.25, -0.2) is 0 Å². The Balaban J connectivity index is 3.09. The molecule has 1 rings (SSSR count). The molecule has 0 radical (unpaired) electrons. The van der Waals surface area contributed by atoms with Crippen LogP contribution >= 0.6 is 0 Å². The SMILES string of the molecule is COc1cccc([C@@H](N)[C@H](C)O)c1O. The Bertz CT molecular complexity index is 312. The fraction of sp³-hybridized carbons (Fsp3) is 0.400. The third-order valence-corrected chi connectivity index (χ3v) is 2.13. The van der Waals surface area contributed by atoms with E-state index in [1.165, 1.54) is 7.11 Å². The van der Waals surface area contributed by atoms with Gasteiger partial charge in [-0.2, -0.15) is 0 Å². The molecular weight excluding hydrogens is 182 g/mol. The summed E-state index contributed by atoms with van der Waals surface area (Å²) in [6.07, 6.45) is -0.715. The van der Waals surface area contributed by atoms with Crippen molar-refractivity contribution in [2.45, 2.75) is 19.1 Å². The summed E-state index contributed by atoms with van der Waals surface area (Å²) in [5.41, 5.74) is 6.18. The zero-order chi connectivity index (χ0) is 10.7. The van der Waals surface area contributed by atoms with Crippen molar-refractivity contribution in [3.63, 3.8) is 0 Å². The van der Waals surface area contributed by atoms with Gasteiger partial charge in [0.05, 0.1) is 19.3 Å². The molecule has 2 atom stereocenters. The molecular formula is C10H15NO3. The molecule has 78 valence electrons. The number of ether oxygens (including phenoxy) is 1. The first-order chi connectivity index (χ1) is 6.57. The van der Waals surface area contributed by atoms with Gasteiger partial charge in [0.1, 0.15) is 0 Å². The normalized spacial score (nSPS) is 14.9. The molecule has 0 saturated heterocycles. The van der Waals surface area contributed by atoms with Gasteiger partial charge in [-0.3, -0.25) is 0 Å². The van der Waals surface area contributed by atoms with Gasteiger partial charge in [-0.05, 0) is 13.0 Å². The molecule has 0 bridgehead atoms. The average molecular weight is 197 g/mol. The summed E-state index contributed by atoms with van der Waals surface area (Å²) in [5, 5.41) is 19.0. The number of methoxy groups -OCH3 is 1. The molecule has 4 N–H and O–H groups in total. The monoisotopic (exact) mass is 197 g/mol. The average Bonchev–Trinajstić information content (AvgIpc) is 2.17. The fourth-order valence-corrected chi connectivity index (χ4v) is 1.23. The second-order valence-electron chi connectivity index (χ2n) is 3.16. The zero-order valence-electron chi connectivity index (χ0n) is 8.27. The predicted octanol–water partition coefficient (Wildman–Crippen LogP) is 0.781. The minimum atomic E-state index is -0.715. The van der Waals surface area contributed by atoms with E-state index in [-0.39, 0.29) is 5.75 Å². The Labute approximate surface area is 82.9 Å². The fourth-order valence-electron chi connectivity index (χ4n) is 1.23. The second kappa shape index (κ2) is 4.30. The van der Waals surface area contributed by atoms with Gasteiger partial charge in [0.15, 0.2) is 11.5 Å². The lowest BCUT2D eigenvalue weighted by atomic mass is 10.0. The number of aliphatic hydroxyl groups excluding tert-OH is 1. The highest BCUT2D eigenvalue weighted by molar-refractivity contribution is 5.46. The van der Waals surface area contributed by atoms with Crippen LogP contribution in [0.25, 0.3) is 0 Å². The van der Waals surface area contributed by atoms with Gasteiger partial charge >= 0.3 is 0 Å². The zero-order valence-corrected chi connectivity index (χ0v) is 8.27. The highest BCUT2D eigenvalue weighted by Crippen LogP contribution is 2.33. The van der Waals surface area contributed by atoms with Gasteiger partial charge < -0.3 is 20.7 Å². The molecule has 0 heterocycles. The Morgan fingerprint density at radius 2 is 2.07 bits per heavy atom. The first-order valence-corrected chi connectivity index (χ1v) is 4.37. The molecule has 0 aromatic heterocycles. The second-order valence-corrected chi connectivity index (χ2v) is 3.16. The number of benzene rings is 1. The Morgan fingerprint density at radius 1 is 1.43 bits per heavy atom. The van der Waals surface area contributed by atoms with E-state index < -0.39 is 12.1 Å². The summed E-state index contributed by atoms with van der Waals surface area (Å²) in [6.45, 7) is 1.57. The van der Waals surface area contributed by atoms with Crippen molar-refractivity contribution in [2.75, 3.05) is 7.11 Å². The number of aromatic hydroxyl groups is 1. The predicted molar refractivity (Wildman–Crippen MR) is 53.3 cm³/mol. The van der Waals surface area contributed by atoms with Crippen molar-refractivity contribution in [3.05, 3.63) is 23.8 Å². The van der Waals surface area contributed by atoms with E-state index in [2.05, 4.69) is 0 Å². The van der Waals surface area contributed by atoms with Crippen molar-refractivity contribution < 1.29 is 14.9 Å². The van der Waals surface area contributed by atoms with Crippen molar-refractivity contribution in [1.29, 1.82) is 0 Å². The molecule has 0 amide bonds. The van der Waals surface area contributed by atoms with E-state index in [9.17, 15) is 10.2 Å². The molecule has 4 heteroatoms.